The summed E-state index contributed by atoms with van der Waals surface area (Å²) in [7, 11) is 0. The molecule has 220 valence electrons. The summed E-state index contributed by atoms with van der Waals surface area (Å²) in [6.07, 6.45) is 0. The second-order valence-corrected chi connectivity index (χ2v) is 14.6. The highest BCUT2D eigenvalue weighted by Crippen LogP contribution is 2.59. The molecule has 47 heavy (non-hydrogen) atoms. The van der Waals surface area contributed by atoms with Crippen LogP contribution < -0.4 is 0 Å². The van der Waals surface area contributed by atoms with Gasteiger partial charge in [0, 0.05) is 30.0 Å². The predicted molar refractivity (Wildman–Crippen MR) is 202 cm³/mol. The maximum atomic E-state index is 2.39. The van der Waals surface area contributed by atoms with Crippen molar-refractivity contribution in [3.05, 3.63) is 192 Å². The Balaban J connectivity index is 1.27. The van der Waals surface area contributed by atoms with Crippen molar-refractivity contribution in [2.45, 2.75) is 15.2 Å². The van der Waals surface area contributed by atoms with E-state index >= 15 is 0 Å². The van der Waals surface area contributed by atoms with E-state index in [9.17, 15) is 0 Å². The summed E-state index contributed by atoms with van der Waals surface area (Å²) in [6.45, 7) is 0. The Kier molecular flexibility index (Phi) is 6.00. The van der Waals surface area contributed by atoms with Crippen LogP contribution in [0.5, 0.6) is 0 Å². The van der Waals surface area contributed by atoms with Gasteiger partial charge < -0.3 is 0 Å². The lowest BCUT2D eigenvalue weighted by atomic mass is 9.62. The molecule has 0 spiro atoms. The largest absolute Gasteiger partial charge is 0.135 e. The van der Waals surface area contributed by atoms with Gasteiger partial charge in [-0.2, -0.15) is 0 Å². The van der Waals surface area contributed by atoms with Crippen LogP contribution in [0.15, 0.2) is 180 Å². The molecule has 9 aromatic rings. The molecule has 0 amide bonds. The fourth-order valence-corrected chi connectivity index (χ4v) is 10.3. The van der Waals surface area contributed by atoms with Crippen molar-refractivity contribution >= 4 is 64.8 Å². The Morgan fingerprint density at radius 3 is 1.57 bits per heavy atom. The Hall–Kier alpha value is -5.15. The zero-order valence-corrected chi connectivity index (χ0v) is 27.1. The highest BCUT2D eigenvalue weighted by Gasteiger charge is 2.46. The SMILES string of the molecule is c1ccc(C2(c3ccc(-c4ccc5c(c4)sc4ccccc45)cc3)c3c(ccc4ccccc34)Sc3ccc4ccccc4c32)cc1. The van der Waals surface area contributed by atoms with E-state index in [0.717, 1.165) is 0 Å². The fourth-order valence-electron chi connectivity index (χ4n) is 7.94. The molecule has 1 aliphatic heterocycles. The molecule has 0 fully saturated rings. The standard InChI is InChI=1S/C45H28S2/c1-2-12-33(13-3-1)45(34-23-18-29(19-24-34)32-20-25-38-37-16-8-9-17-39(37)46-42(38)28-32)43-35-14-6-4-10-30(35)21-26-40(43)47-41-27-22-31-11-5-7-15-36(31)44(41)45/h1-28H. The molecule has 0 bridgehead atoms. The minimum atomic E-state index is -0.521. The van der Waals surface area contributed by atoms with Gasteiger partial charge in [0.2, 0.25) is 0 Å². The number of fused-ring (bicyclic) bond motifs is 9. The lowest BCUT2D eigenvalue weighted by Crippen LogP contribution is -2.34. The van der Waals surface area contributed by atoms with E-state index < -0.39 is 5.41 Å². The van der Waals surface area contributed by atoms with E-state index in [0.29, 0.717) is 0 Å². The smallest absolute Gasteiger partial charge is 0.0735 e. The second kappa shape index (κ2) is 10.4. The van der Waals surface area contributed by atoms with Gasteiger partial charge in [-0.3, -0.25) is 0 Å². The molecule has 2 heteroatoms. The van der Waals surface area contributed by atoms with Crippen molar-refractivity contribution < 1.29 is 0 Å². The van der Waals surface area contributed by atoms with Crippen molar-refractivity contribution in [3.8, 4) is 11.1 Å². The van der Waals surface area contributed by atoms with Crippen LogP contribution in [0.1, 0.15) is 22.3 Å². The number of rotatable bonds is 3. The molecule has 0 nitrogen and oxygen atoms in total. The number of hydrogen-bond donors (Lipinski definition) is 0. The van der Waals surface area contributed by atoms with Gasteiger partial charge in [0.1, 0.15) is 0 Å². The highest BCUT2D eigenvalue weighted by molar-refractivity contribution is 7.99. The molecule has 0 unspecified atom stereocenters. The molecular weight excluding hydrogens is 605 g/mol. The summed E-state index contributed by atoms with van der Waals surface area (Å²) in [5.74, 6) is 0. The molecule has 8 aromatic carbocycles. The van der Waals surface area contributed by atoms with Crippen LogP contribution in [-0.4, -0.2) is 0 Å². The second-order valence-electron chi connectivity index (χ2n) is 12.4. The normalized spacial score (nSPS) is 13.6. The number of hydrogen-bond acceptors (Lipinski definition) is 2. The summed E-state index contributed by atoms with van der Waals surface area (Å²) in [4.78, 5) is 2.63. The summed E-state index contributed by atoms with van der Waals surface area (Å²) >= 11 is 3.79. The topological polar surface area (TPSA) is 0 Å². The van der Waals surface area contributed by atoms with E-state index in [1.807, 2.05) is 23.1 Å². The minimum Gasteiger partial charge on any atom is -0.135 e. The van der Waals surface area contributed by atoms with Crippen molar-refractivity contribution in [1.29, 1.82) is 0 Å². The third kappa shape index (κ3) is 3.96. The van der Waals surface area contributed by atoms with Crippen LogP contribution >= 0.6 is 23.1 Å². The first kappa shape index (κ1) is 27.0. The van der Waals surface area contributed by atoms with E-state index in [-0.39, 0.29) is 0 Å². The van der Waals surface area contributed by atoms with Crippen LogP contribution in [-0.2, 0) is 5.41 Å². The Morgan fingerprint density at radius 2 is 0.894 bits per heavy atom. The van der Waals surface area contributed by atoms with E-state index in [4.69, 9.17) is 0 Å². The Bertz CT molecular complexity index is 2560. The zero-order valence-electron chi connectivity index (χ0n) is 25.5. The highest BCUT2D eigenvalue weighted by atomic mass is 32.2. The van der Waals surface area contributed by atoms with Crippen LogP contribution in [0.4, 0.5) is 0 Å². The lowest BCUT2D eigenvalue weighted by Gasteiger charge is -2.43. The van der Waals surface area contributed by atoms with Crippen LogP contribution in [0.2, 0.25) is 0 Å². The molecule has 0 radical (unpaired) electrons. The van der Waals surface area contributed by atoms with E-state index in [1.54, 1.807) is 0 Å². The van der Waals surface area contributed by atoms with Crippen molar-refractivity contribution in [2.24, 2.45) is 0 Å². The molecule has 10 rings (SSSR count). The Morgan fingerprint density at radius 1 is 0.362 bits per heavy atom. The first-order valence-electron chi connectivity index (χ1n) is 16.1. The molecule has 0 aliphatic carbocycles. The number of thiophene rings is 1. The molecule has 0 atom stereocenters. The molecule has 1 aliphatic rings. The van der Waals surface area contributed by atoms with Gasteiger partial charge in [-0.1, -0.05) is 157 Å². The maximum absolute atomic E-state index is 2.39. The average Bonchev–Trinajstić information content (AvgIpc) is 3.52. The average molecular weight is 633 g/mol. The fraction of sp³-hybridized carbons (Fsp3) is 0.0222. The summed E-state index contributed by atoms with van der Waals surface area (Å²) < 4.78 is 2.67. The predicted octanol–water partition coefficient (Wildman–Crippen LogP) is 12.9. The van der Waals surface area contributed by atoms with Crippen LogP contribution in [0, 0.1) is 0 Å². The molecule has 0 N–H and O–H groups in total. The zero-order chi connectivity index (χ0) is 31.0. The molecule has 0 saturated heterocycles. The van der Waals surface area contributed by atoms with Crippen molar-refractivity contribution in [3.63, 3.8) is 0 Å². The first-order valence-corrected chi connectivity index (χ1v) is 17.7. The van der Waals surface area contributed by atoms with Gasteiger partial charge in [-0.25, -0.2) is 0 Å². The van der Waals surface area contributed by atoms with Crippen LogP contribution in [0.3, 0.4) is 0 Å². The van der Waals surface area contributed by atoms with Crippen LogP contribution in [0.25, 0.3) is 52.8 Å². The van der Waals surface area contributed by atoms with Crippen molar-refractivity contribution in [1.82, 2.24) is 0 Å². The number of benzene rings is 8. The molecule has 2 heterocycles. The van der Waals surface area contributed by atoms with Gasteiger partial charge in [0.15, 0.2) is 0 Å². The lowest BCUT2D eigenvalue weighted by molar-refractivity contribution is 0.718. The van der Waals surface area contributed by atoms with Crippen molar-refractivity contribution in [2.75, 3.05) is 0 Å². The van der Waals surface area contributed by atoms with E-state index in [2.05, 4.69) is 170 Å². The van der Waals surface area contributed by atoms with Gasteiger partial charge in [0.05, 0.1) is 5.41 Å². The van der Waals surface area contributed by atoms with Gasteiger partial charge in [0.25, 0.3) is 0 Å². The Labute approximate surface area is 282 Å². The maximum Gasteiger partial charge on any atom is 0.0735 e. The van der Waals surface area contributed by atoms with Gasteiger partial charge in [-0.15, -0.1) is 11.3 Å². The summed E-state index contributed by atoms with van der Waals surface area (Å²) in [5, 5.41) is 7.82. The summed E-state index contributed by atoms with van der Waals surface area (Å²) in [6, 6.07) is 63.4. The monoisotopic (exact) mass is 632 g/mol. The molecular formula is C45H28S2. The molecule has 1 aromatic heterocycles. The van der Waals surface area contributed by atoms with Gasteiger partial charge >= 0.3 is 0 Å². The summed E-state index contributed by atoms with van der Waals surface area (Å²) in [5.41, 5.74) is 7.27. The third-order valence-corrected chi connectivity index (χ3v) is 12.2. The van der Waals surface area contributed by atoms with E-state index in [1.165, 1.54) is 84.9 Å². The molecule has 0 saturated carbocycles. The quantitative estimate of drug-likeness (QED) is 0.187. The first-order chi connectivity index (χ1) is 23.3. The third-order valence-electron chi connectivity index (χ3n) is 9.99. The van der Waals surface area contributed by atoms with Gasteiger partial charge in [-0.05, 0) is 79.2 Å². The minimum absolute atomic E-state index is 0.521.